The molecule has 1 aromatic heterocycles. The maximum absolute atomic E-state index is 12.2. The first kappa shape index (κ1) is 17.8. The van der Waals surface area contributed by atoms with Crippen molar-refractivity contribution >= 4 is 44.8 Å². The molecule has 25 heavy (non-hydrogen) atoms. The molecule has 0 saturated carbocycles. The van der Waals surface area contributed by atoms with E-state index in [0.29, 0.717) is 13.1 Å². The number of rotatable bonds is 6. The van der Waals surface area contributed by atoms with Crippen molar-refractivity contribution in [3.8, 4) is 0 Å². The summed E-state index contributed by atoms with van der Waals surface area (Å²) in [6.07, 6.45) is 1.10. The van der Waals surface area contributed by atoms with Crippen LogP contribution in [-0.4, -0.2) is 29.1 Å². The van der Waals surface area contributed by atoms with Crippen LogP contribution < -0.4 is 5.32 Å². The van der Waals surface area contributed by atoms with Crippen molar-refractivity contribution in [1.29, 1.82) is 0 Å². The zero-order valence-corrected chi connectivity index (χ0v) is 16.0. The molecule has 0 fully saturated rings. The molecule has 0 unspecified atom stereocenters. The second-order valence-corrected chi connectivity index (χ2v) is 7.60. The number of hydrogen-bond donors (Lipinski definition) is 1. The van der Waals surface area contributed by atoms with Gasteiger partial charge in [0.1, 0.15) is 0 Å². The summed E-state index contributed by atoms with van der Waals surface area (Å²) in [5, 5.41) is 10.7. The van der Waals surface area contributed by atoms with Crippen molar-refractivity contribution in [2.45, 2.75) is 25.8 Å². The van der Waals surface area contributed by atoms with Crippen LogP contribution in [0.15, 0.2) is 51.4 Å². The summed E-state index contributed by atoms with van der Waals surface area (Å²) in [5.41, 5.74) is 1.96. The molecule has 130 valence electrons. The van der Waals surface area contributed by atoms with Crippen LogP contribution in [0.1, 0.15) is 29.7 Å². The summed E-state index contributed by atoms with van der Waals surface area (Å²) in [5.74, 6) is -0.232. The quantitative estimate of drug-likeness (QED) is 0.777. The minimum atomic E-state index is -0.121. The maximum Gasteiger partial charge on any atom is 0.243 e. The van der Waals surface area contributed by atoms with E-state index in [2.05, 4.69) is 26.3 Å². The number of hydrogen-bond acceptors (Lipinski definition) is 4. The highest BCUT2D eigenvalue weighted by Crippen LogP contribution is 2.19. The summed E-state index contributed by atoms with van der Waals surface area (Å²) in [7, 11) is 0. The third-order valence-electron chi connectivity index (χ3n) is 3.84. The first-order valence-electron chi connectivity index (χ1n) is 8.04. The van der Waals surface area contributed by atoms with Crippen LogP contribution in [0.5, 0.6) is 0 Å². The van der Waals surface area contributed by atoms with E-state index in [1.807, 2.05) is 41.8 Å². The first-order chi connectivity index (χ1) is 12.1. The van der Waals surface area contributed by atoms with Crippen LogP contribution in [0, 0.1) is 0 Å². The van der Waals surface area contributed by atoms with Gasteiger partial charge in [0.05, 0.1) is 18.8 Å². The zero-order valence-electron chi connectivity index (χ0n) is 13.6. The van der Waals surface area contributed by atoms with E-state index in [9.17, 15) is 9.59 Å². The maximum atomic E-state index is 12.2. The molecule has 0 spiro atoms. The van der Waals surface area contributed by atoms with Crippen LogP contribution in [0.4, 0.5) is 0 Å². The highest BCUT2D eigenvalue weighted by atomic mass is 79.9. The Morgan fingerprint density at radius 2 is 2.04 bits per heavy atom. The number of thiophene rings is 1. The van der Waals surface area contributed by atoms with Gasteiger partial charge in [-0.3, -0.25) is 9.59 Å². The van der Waals surface area contributed by atoms with E-state index < -0.39 is 0 Å². The lowest BCUT2D eigenvalue weighted by atomic mass is 10.1. The van der Waals surface area contributed by atoms with Gasteiger partial charge in [-0.05, 0) is 27.6 Å². The topological polar surface area (TPSA) is 61.8 Å². The minimum Gasteiger partial charge on any atom is -0.351 e. The molecular weight excluding hydrogens is 402 g/mol. The monoisotopic (exact) mass is 419 g/mol. The molecule has 2 amide bonds. The molecule has 0 radical (unpaired) electrons. The molecule has 0 saturated heterocycles. The molecule has 1 aromatic carbocycles. The summed E-state index contributed by atoms with van der Waals surface area (Å²) >= 11 is 4.96. The molecule has 3 rings (SSSR count). The number of carbonyl (C=O) groups excluding carboxylic acids is 2. The number of nitrogens with one attached hydrogen (secondary N) is 1. The fraction of sp³-hybridized carbons (Fsp3) is 0.278. The van der Waals surface area contributed by atoms with Crippen molar-refractivity contribution < 1.29 is 9.59 Å². The van der Waals surface area contributed by atoms with Crippen LogP contribution in [0.2, 0.25) is 0 Å². The highest BCUT2D eigenvalue weighted by Gasteiger charge is 2.21. The lowest BCUT2D eigenvalue weighted by Gasteiger charge is -2.11. The van der Waals surface area contributed by atoms with Crippen LogP contribution in [0.3, 0.4) is 0 Å². The second-order valence-electron chi connectivity index (χ2n) is 5.69. The van der Waals surface area contributed by atoms with Gasteiger partial charge in [0.2, 0.25) is 11.8 Å². The van der Waals surface area contributed by atoms with E-state index >= 15 is 0 Å². The summed E-state index contributed by atoms with van der Waals surface area (Å²) in [6, 6.07) is 11.8. The Balaban J connectivity index is 1.45. The van der Waals surface area contributed by atoms with Crippen molar-refractivity contribution in [2.24, 2.45) is 5.10 Å². The smallest absolute Gasteiger partial charge is 0.243 e. The largest absolute Gasteiger partial charge is 0.351 e. The van der Waals surface area contributed by atoms with Gasteiger partial charge in [-0.1, -0.05) is 30.3 Å². The predicted molar refractivity (Wildman–Crippen MR) is 102 cm³/mol. The summed E-state index contributed by atoms with van der Waals surface area (Å²) in [4.78, 5) is 25.2. The van der Waals surface area contributed by atoms with E-state index in [1.165, 1.54) is 5.01 Å². The Morgan fingerprint density at radius 1 is 1.24 bits per heavy atom. The van der Waals surface area contributed by atoms with Gasteiger partial charge >= 0.3 is 0 Å². The molecule has 1 N–H and O–H groups in total. The van der Waals surface area contributed by atoms with E-state index in [1.54, 1.807) is 11.3 Å². The van der Waals surface area contributed by atoms with Gasteiger partial charge in [-0.25, -0.2) is 5.01 Å². The standard InChI is InChI=1S/C18H18BrN3O2S/c19-14-10-15(25-12-14)11-20-17(23)6-7-18(24)22-9-8-16(21-22)13-4-2-1-3-5-13/h1-5,10,12H,6-9,11H2,(H,20,23). The SMILES string of the molecule is O=C(CCC(=O)N1CCC(c2ccccc2)=N1)NCc1cc(Br)cs1. The van der Waals surface area contributed by atoms with Crippen molar-refractivity contribution in [2.75, 3.05) is 6.54 Å². The summed E-state index contributed by atoms with van der Waals surface area (Å²) < 4.78 is 1.01. The van der Waals surface area contributed by atoms with E-state index in [0.717, 1.165) is 27.0 Å². The Kier molecular flexibility index (Phi) is 5.99. The first-order valence-corrected chi connectivity index (χ1v) is 9.72. The van der Waals surface area contributed by atoms with Crippen molar-refractivity contribution in [3.63, 3.8) is 0 Å². The molecule has 7 heteroatoms. The number of benzene rings is 1. The van der Waals surface area contributed by atoms with Gasteiger partial charge in [0.25, 0.3) is 0 Å². The number of carbonyl (C=O) groups is 2. The van der Waals surface area contributed by atoms with Gasteiger partial charge in [0, 0.05) is 34.0 Å². The molecule has 1 aliphatic heterocycles. The minimum absolute atomic E-state index is 0.111. The number of halogens is 1. The van der Waals surface area contributed by atoms with Crippen LogP contribution >= 0.6 is 27.3 Å². The van der Waals surface area contributed by atoms with Crippen LogP contribution in [0.25, 0.3) is 0 Å². The molecule has 0 aliphatic carbocycles. The van der Waals surface area contributed by atoms with Gasteiger partial charge in [0.15, 0.2) is 0 Å². The Labute approximate surface area is 158 Å². The highest BCUT2D eigenvalue weighted by molar-refractivity contribution is 9.10. The Bertz CT molecular complexity index is 789. The molecular formula is C18H18BrN3O2S. The average molecular weight is 420 g/mol. The number of amides is 2. The molecule has 0 bridgehead atoms. The van der Waals surface area contributed by atoms with Crippen molar-refractivity contribution in [3.05, 3.63) is 56.7 Å². The zero-order chi connectivity index (χ0) is 17.6. The lowest BCUT2D eigenvalue weighted by Crippen LogP contribution is -2.27. The molecule has 2 aromatic rings. The Hall–Kier alpha value is -1.99. The number of hydrazone groups is 1. The van der Waals surface area contributed by atoms with Gasteiger partial charge < -0.3 is 5.32 Å². The predicted octanol–water partition coefficient (Wildman–Crippen LogP) is 3.54. The van der Waals surface area contributed by atoms with E-state index in [4.69, 9.17) is 0 Å². The van der Waals surface area contributed by atoms with Crippen molar-refractivity contribution in [1.82, 2.24) is 10.3 Å². The third-order valence-corrected chi connectivity index (χ3v) is 5.54. The molecule has 5 nitrogen and oxygen atoms in total. The van der Waals surface area contributed by atoms with E-state index in [-0.39, 0.29) is 24.7 Å². The average Bonchev–Trinajstić information content (AvgIpc) is 3.28. The third kappa shape index (κ3) is 4.99. The van der Waals surface area contributed by atoms with Gasteiger partial charge in [-0.15, -0.1) is 11.3 Å². The summed E-state index contributed by atoms with van der Waals surface area (Å²) in [6.45, 7) is 1.07. The van der Waals surface area contributed by atoms with Gasteiger partial charge in [-0.2, -0.15) is 5.10 Å². The van der Waals surface area contributed by atoms with Crippen LogP contribution in [-0.2, 0) is 16.1 Å². The molecule has 0 atom stereocenters. The normalized spacial score (nSPS) is 13.6. The number of nitrogens with zero attached hydrogens (tertiary/aromatic N) is 2. The lowest BCUT2D eigenvalue weighted by molar-refractivity contribution is -0.133. The molecule has 2 heterocycles. The fourth-order valence-corrected chi connectivity index (χ4v) is 3.93. The fourth-order valence-electron chi connectivity index (χ4n) is 2.54. The Morgan fingerprint density at radius 3 is 2.76 bits per heavy atom. The molecule has 1 aliphatic rings. The second kappa shape index (κ2) is 8.40.